The minimum atomic E-state index is -1.08. The lowest BCUT2D eigenvalue weighted by atomic mass is 10.0. The first-order valence-electron chi connectivity index (χ1n) is 10.9. The van der Waals surface area contributed by atoms with Gasteiger partial charge in [-0.05, 0) is 28.8 Å². The molecule has 0 aliphatic heterocycles. The first kappa shape index (κ1) is 23.9. The number of carbonyl (C=O) groups excluding carboxylic acids is 1. The Bertz CT molecular complexity index is 1050. The van der Waals surface area contributed by atoms with Crippen molar-refractivity contribution in [2.45, 2.75) is 39.5 Å². The highest BCUT2D eigenvalue weighted by molar-refractivity contribution is 5.84. The van der Waals surface area contributed by atoms with Crippen LogP contribution in [0, 0.1) is 5.92 Å². The predicted octanol–water partition coefficient (Wildman–Crippen LogP) is 4.61. The Hall–Kier alpha value is -3.80. The zero-order chi connectivity index (χ0) is 23.6. The maximum atomic E-state index is 12.0. The van der Waals surface area contributed by atoms with Crippen LogP contribution in [0.25, 0.3) is 0 Å². The molecule has 0 heterocycles. The summed E-state index contributed by atoms with van der Waals surface area (Å²) in [6.45, 7) is 4.17. The number of hydrogen-bond acceptors (Lipinski definition) is 4. The van der Waals surface area contributed by atoms with E-state index in [1.165, 1.54) is 0 Å². The summed E-state index contributed by atoms with van der Waals surface area (Å²) in [6.07, 6.45) is 0.133. The number of nitrogens with one attached hydrogen (secondary N) is 1. The first-order valence-corrected chi connectivity index (χ1v) is 10.9. The van der Waals surface area contributed by atoms with Crippen LogP contribution in [-0.2, 0) is 29.2 Å². The van der Waals surface area contributed by atoms with E-state index >= 15 is 0 Å². The van der Waals surface area contributed by atoms with Crippen molar-refractivity contribution < 1.29 is 24.2 Å². The fraction of sp³-hybridized carbons (Fsp3) is 0.259. The molecular weight excluding hydrogens is 418 g/mol. The van der Waals surface area contributed by atoms with Crippen LogP contribution in [0.3, 0.4) is 0 Å². The Morgan fingerprint density at radius 2 is 1.33 bits per heavy atom. The Kier molecular flexibility index (Phi) is 8.47. The summed E-state index contributed by atoms with van der Waals surface area (Å²) >= 11 is 0. The van der Waals surface area contributed by atoms with E-state index in [2.05, 4.69) is 5.32 Å². The van der Waals surface area contributed by atoms with Gasteiger partial charge in [-0.2, -0.15) is 0 Å². The van der Waals surface area contributed by atoms with Gasteiger partial charge in [-0.15, -0.1) is 0 Å². The van der Waals surface area contributed by atoms with Gasteiger partial charge in [0.25, 0.3) is 0 Å². The van der Waals surface area contributed by atoms with Crippen molar-refractivity contribution in [2.75, 3.05) is 0 Å². The molecule has 6 heteroatoms. The summed E-state index contributed by atoms with van der Waals surface area (Å²) in [7, 11) is 0. The first-order chi connectivity index (χ1) is 15.9. The number of ether oxygens (including phenoxy) is 2. The molecule has 0 saturated carbocycles. The molecule has 0 radical (unpaired) electrons. The van der Waals surface area contributed by atoms with Gasteiger partial charge in [0, 0.05) is 12.3 Å². The van der Waals surface area contributed by atoms with Gasteiger partial charge in [-0.3, -0.25) is 4.79 Å². The molecule has 33 heavy (non-hydrogen) atoms. The highest BCUT2D eigenvalue weighted by Crippen LogP contribution is 2.30. The van der Waals surface area contributed by atoms with E-state index in [9.17, 15) is 14.7 Å². The number of carboxylic acids is 1. The number of carbonyl (C=O) groups is 2. The maximum absolute atomic E-state index is 12.0. The van der Waals surface area contributed by atoms with Crippen molar-refractivity contribution in [3.05, 3.63) is 95.6 Å². The van der Waals surface area contributed by atoms with Crippen LogP contribution in [0.2, 0.25) is 0 Å². The molecule has 172 valence electrons. The second-order valence-electron chi connectivity index (χ2n) is 8.09. The molecule has 6 nitrogen and oxygen atoms in total. The number of amides is 1. The summed E-state index contributed by atoms with van der Waals surface area (Å²) in [6, 6.07) is 23.9. The third kappa shape index (κ3) is 7.38. The Morgan fingerprint density at radius 1 is 0.788 bits per heavy atom. The fourth-order valence-electron chi connectivity index (χ4n) is 3.16. The zero-order valence-corrected chi connectivity index (χ0v) is 18.9. The van der Waals surface area contributed by atoms with Gasteiger partial charge in [0.15, 0.2) is 11.5 Å². The molecule has 0 spiro atoms. The lowest BCUT2D eigenvalue weighted by molar-refractivity contribution is -0.142. The molecule has 2 N–H and O–H groups in total. The predicted molar refractivity (Wildman–Crippen MR) is 126 cm³/mol. The molecule has 3 aromatic carbocycles. The van der Waals surface area contributed by atoms with Gasteiger partial charge >= 0.3 is 5.97 Å². The molecule has 0 aromatic heterocycles. The number of rotatable bonds is 11. The van der Waals surface area contributed by atoms with E-state index in [0.29, 0.717) is 24.7 Å². The summed E-state index contributed by atoms with van der Waals surface area (Å²) in [5.41, 5.74) is 2.75. The summed E-state index contributed by atoms with van der Waals surface area (Å²) < 4.78 is 12.1. The van der Waals surface area contributed by atoms with Crippen LogP contribution in [0.15, 0.2) is 78.9 Å². The molecule has 0 fully saturated rings. The fourth-order valence-corrected chi connectivity index (χ4v) is 3.16. The van der Waals surface area contributed by atoms with Crippen LogP contribution < -0.4 is 14.8 Å². The average Bonchev–Trinajstić information content (AvgIpc) is 2.82. The lowest BCUT2D eigenvalue weighted by Gasteiger charge is -2.18. The molecule has 0 bridgehead atoms. The monoisotopic (exact) mass is 447 g/mol. The van der Waals surface area contributed by atoms with E-state index in [1.54, 1.807) is 32.0 Å². The minimum Gasteiger partial charge on any atom is -0.485 e. The second kappa shape index (κ2) is 11.7. The van der Waals surface area contributed by atoms with Crippen LogP contribution in [0.4, 0.5) is 0 Å². The van der Waals surface area contributed by atoms with E-state index < -0.39 is 12.0 Å². The van der Waals surface area contributed by atoms with Crippen molar-refractivity contribution >= 4 is 11.9 Å². The van der Waals surface area contributed by atoms with Crippen molar-refractivity contribution in [1.29, 1.82) is 0 Å². The lowest BCUT2D eigenvalue weighted by Crippen LogP contribution is -2.44. The Morgan fingerprint density at radius 3 is 1.85 bits per heavy atom. The van der Waals surface area contributed by atoms with Gasteiger partial charge in [0.1, 0.15) is 19.3 Å². The largest absolute Gasteiger partial charge is 0.485 e. The third-order valence-electron chi connectivity index (χ3n) is 5.06. The van der Waals surface area contributed by atoms with E-state index in [0.717, 1.165) is 16.7 Å². The van der Waals surface area contributed by atoms with Crippen LogP contribution in [0.5, 0.6) is 11.5 Å². The van der Waals surface area contributed by atoms with Gasteiger partial charge in [-0.1, -0.05) is 80.6 Å². The van der Waals surface area contributed by atoms with Gasteiger partial charge < -0.3 is 19.9 Å². The molecule has 0 aliphatic rings. The Balaban J connectivity index is 1.79. The number of hydrogen-bond donors (Lipinski definition) is 2. The topological polar surface area (TPSA) is 84.9 Å². The van der Waals surface area contributed by atoms with E-state index in [-0.39, 0.29) is 18.2 Å². The number of carboxylic acid groups (broad SMARTS) is 1. The van der Waals surface area contributed by atoms with E-state index in [4.69, 9.17) is 9.47 Å². The standard InChI is InChI=1S/C27H29NO5/c1-19(2)26(29)28-23(27(30)31)15-22-13-14-24(32-17-20-9-5-3-6-10-20)25(16-22)33-18-21-11-7-4-8-12-21/h3-14,16,19,23H,15,17-18H2,1-2H3,(H,28,29)(H,30,31)/t23-/m0/s1. The normalized spacial score (nSPS) is 11.6. The zero-order valence-electron chi connectivity index (χ0n) is 18.9. The summed E-state index contributed by atoms with van der Waals surface area (Å²) in [5, 5.41) is 12.2. The average molecular weight is 448 g/mol. The minimum absolute atomic E-state index is 0.133. The van der Waals surface area contributed by atoms with Crippen molar-refractivity contribution in [2.24, 2.45) is 5.92 Å². The summed E-state index contributed by atoms with van der Waals surface area (Å²) in [5.74, 6) is -0.598. The molecule has 0 aliphatic carbocycles. The highest BCUT2D eigenvalue weighted by Gasteiger charge is 2.22. The molecule has 1 atom stereocenters. The van der Waals surface area contributed by atoms with Crippen LogP contribution >= 0.6 is 0 Å². The molecule has 0 unspecified atom stereocenters. The SMILES string of the molecule is CC(C)C(=O)N[C@@H](Cc1ccc(OCc2ccccc2)c(OCc2ccccc2)c1)C(=O)O. The maximum Gasteiger partial charge on any atom is 0.326 e. The molecule has 3 rings (SSSR count). The second-order valence-corrected chi connectivity index (χ2v) is 8.09. The van der Waals surface area contributed by atoms with Gasteiger partial charge in [0.05, 0.1) is 0 Å². The molecule has 1 amide bonds. The molecular formula is C27H29NO5. The van der Waals surface area contributed by atoms with Gasteiger partial charge in [0.2, 0.25) is 5.91 Å². The molecule has 3 aromatic rings. The smallest absolute Gasteiger partial charge is 0.326 e. The van der Waals surface area contributed by atoms with Crippen LogP contribution in [0.1, 0.15) is 30.5 Å². The quantitative estimate of drug-likeness (QED) is 0.448. The highest BCUT2D eigenvalue weighted by atomic mass is 16.5. The number of aliphatic carboxylic acids is 1. The van der Waals surface area contributed by atoms with Crippen LogP contribution in [-0.4, -0.2) is 23.0 Å². The van der Waals surface area contributed by atoms with Crippen molar-refractivity contribution in [3.8, 4) is 11.5 Å². The molecule has 0 saturated heterocycles. The number of benzene rings is 3. The van der Waals surface area contributed by atoms with Crippen molar-refractivity contribution in [3.63, 3.8) is 0 Å². The van der Waals surface area contributed by atoms with Gasteiger partial charge in [-0.25, -0.2) is 4.79 Å². The Labute approximate surface area is 194 Å². The third-order valence-corrected chi connectivity index (χ3v) is 5.06. The van der Waals surface area contributed by atoms with E-state index in [1.807, 2.05) is 60.7 Å². The summed E-state index contributed by atoms with van der Waals surface area (Å²) in [4.78, 5) is 23.7. The van der Waals surface area contributed by atoms with Crippen molar-refractivity contribution in [1.82, 2.24) is 5.32 Å².